The summed E-state index contributed by atoms with van der Waals surface area (Å²) in [6, 6.07) is 9.64. The van der Waals surface area contributed by atoms with Crippen molar-refractivity contribution in [1.82, 2.24) is 0 Å². The Balaban J connectivity index is 2.63. The summed E-state index contributed by atoms with van der Waals surface area (Å²) in [4.78, 5) is 11.2. The van der Waals surface area contributed by atoms with Gasteiger partial charge in [0, 0.05) is 5.02 Å². The molecule has 1 N–H and O–H groups in total. The first kappa shape index (κ1) is 13.2. The highest BCUT2D eigenvalue weighted by molar-refractivity contribution is 6.42. The van der Waals surface area contributed by atoms with Crippen molar-refractivity contribution in [3.8, 4) is 11.1 Å². The molecule has 2 nitrogen and oxygen atoms in total. The van der Waals surface area contributed by atoms with Gasteiger partial charge in [0.15, 0.2) is 0 Å². The Morgan fingerprint density at radius 3 is 2.28 bits per heavy atom. The van der Waals surface area contributed by atoms with E-state index in [0.717, 1.165) is 0 Å². The fraction of sp³-hybridized carbons (Fsp3) is 0. The molecule has 0 atom stereocenters. The number of aromatic carboxylic acids is 1. The van der Waals surface area contributed by atoms with Crippen molar-refractivity contribution < 1.29 is 9.90 Å². The normalized spacial score (nSPS) is 10.4. The zero-order chi connectivity index (χ0) is 13.3. The second-order valence-electron chi connectivity index (χ2n) is 3.62. The standard InChI is InChI=1S/C13H7Cl3O2/c14-8-2-3-9(10(6-8)13(17)18)7-1-4-11(15)12(16)5-7/h1-6H,(H,17,18). The van der Waals surface area contributed by atoms with E-state index in [1.54, 1.807) is 30.3 Å². The zero-order valence-electron chi connectivity index (χ0n) is 8.95. The van der Waals surface area contributed by atoms with Crippen molar-refractivity contribution in [1.29, 1.82) is 0 Å². The summed E-state index contributed by atoms with van der Waals surface area (Å²) in [5.74, 6) is -1.04. The predicted octanol–water partition coefficient (Wildman–Crippen LogP) is 5.01. The van der Waals surface area contributed by atoms with Crippen molar-refractivity contribution in [2.24, 2.45) is 0 Å². The van der Waals surface area contributed by atoms with Gasteiger partial charge in [-0.25, -0.2) is 4.79 Å². The minimum absolute atomic E-state index is 0.126. The largest absolute Gasteiger partial charge is 0.478 e. The van der Waals surface area contributed by atoms with Gasteiger partial charge in [0.25, 0.3) is 0 Å². The third-order valence-electron chi connectivity index (χ3n) is 2.44. The maximum Gasteiger partial charge on any atom is 0.336 e. The van der Waals surface area contributed by atoms with Crippen LogP contribution < -0.4 is 0 Å². The van der Waals surface area contributed by atoms with Crippen molar-refractivity contribution in [2.45, 2.75) is 0 Å². The van der Waals surface area contributed by atoms with E-state index >= 15 is 0 Å². The molecule has 18 heavy (non-hydrogen) atoms. The van der Waals surface area contributed by atoms with Crippen LogP contribution in [0.1, 0.15) is 10.4 Å². The van der Waals surface area contributed by atoms with Gasteiger partial charge in [-0.05, 0) is 35.4 Å². The molecule has 2 aromatic rings. The van der Waals surface area contributed by atoms with Gasteiger partial charge < -0.3 is 5.11 Å². The molecule has 0 unspecified atom stereocenters. The Kier molecular flexibility index (Phi) is 3.81. The van der Waals surface area contributed by atoms with E-state index in [4.69, 9.17) is 39.9 Å². The van der Waals surface area contributed by atoms with E-state index < -0.39 is 5.97 Å². The van der Waals surface area contributed by atoms with Crippen LogP contribution in [0.2, 0.25) is 15.1 Å². The summed E-state index contributed by atoms with van der Waals surface area (Å²) < 4.78 is 0. The molecule has 0 aliphatic heterocycles. The summed E-state index contributed by atoms with van der Waals surface area (Å²) in [6.45, 7) is 0. The molecule has 92 valence electrons. The molecule has 0 saturated heterocycles. The van der Waals surface area contributed by atoms with E-state index in [2.05, 4.69) is 0 Å². The van der Waals surface area contributed by atoms with Crippen LogP contribution in [0.4, 0.5) is 0 Å². The molecule has 0 aromatic heterocycles. The molecule has 0 saturated carbocycles. The maximum atomic E-state index is 11.2. The van der Waals surface area contributed by atoms with Crippen LogP contribution in [0, 0.1) is 0 Å². The van der Waals surface area contributed by atoms with Gasteiger partial charge in [0.2, 0.25) is 0 Å². The molecule has 0 heterocycles. The van der Waals surface area contributed by atoms with Crippen LogP contribution in [0.15, 0.2) is 36.4 Å². The average molecular weight is 302 g/mol. The number of hydrogen-bond acceptors (Lipinski definition) is 1. The smallest absolute Gasteiger partial charge is 0.336 e. The highest BCUT2D eigenvalue weighted by atomic mass is 35.5. The number of carbonyl (C=O) groups is 1. The van der Waals surface area contributed by atoms with Crippen LogP contribution in [-0.4, -0.2) is 11.1 Å². The molecule has 0 amide bonds. The van der Waals surface area contributed by atoms with Gasteiger partial charge >= 0.3 is 5.97 Å². The van der Waals surface area contributed by atoms with Crippen LogP contribution in [0.25, 0.3) is 11.1 Å². The van der Waals surface area contributed by atoms with Gasteiger partial charge in [-0.1, -0.05) is 46.9 Å². The second kappa shape index (κ2) is 5.19. The van der Waals surface area contributed by atoms with Crippen molar-refractivity contribution in [3.63, 3.8) is 0 Å². The van der Waals surface area contributed by atoms with Crippen LogP contribution in [0.3, 0.4) is 0 Å². The lowest BCUT2D eigenvalue weighted by Gasteiger charge is -2.08. The lowest BCUT2D eigenvalue weighted by atomic mass is 10.00. The van der Waals surface area contributed by atoms with Crippen molar-refractivity contribution >= 4 is 40.8 Å². The van der Waals surface area contributed by atoms with Gasteiger partial charge in [-0.3, -0.25) is 0 Å². The Morgan fingerprint density at radius 1 is 0.944 bits per heavy atom. The molecule has 0 fully saturated rings. The number of carboxylic acids is 1. The third-order valence-corrected chi connectivity index (χ3v) is 3.42. The molecule has 2 aromatic carbocycles. The predicted molar refractivity (Wildman–Crippen MR) is 73.9 cm³/mol. The second-order valence-corrected chi connectivity index (χ2v) is 4.87. The number of carboxylic acid groups (broad SMARTS) is 1. The Hall–Kier alpha value is -1.22. The number of halogens is 3. The van der Waals surface area contributed by atoms with Crippen molar-refractivity contribution in [2.75, 3.05) is 0 Å². The van der Waals surface area contributed by atoms with E-state index in [1.165, 1.54) is 6.07 Å². The molecule has 2 rings (SSSR count). The fourth-order valence-electron chi connectivity index (χ4n) is 1.61. The third kappa shape index (κ3) is 2.61. The summed E-state index contributed by atoms with van der Waals surface area (Å²) in [5, 5.41) is 10.3. The quantitative estimate of drug-likeness (QED) is 0.846. The van der Waals surface area contributed by atoms with Gasteiger partial charge in [0.05, 0.1) is 15.6 Å². The molecule has 0 aliphatic rings. The molecular formula is C13H7Cl3O2. The first-order valence-corrected chi connectivity index (χ1v) is 6.10. The highest BCUT2D eigenvalue weighted by Gasteiger charge is 2.13. The summed E-state index contributed by atoms with van der Waals surface area (Å²) >= 11 is 17.5. The monoisotopic (exact) mass is 300 g/mol. The molecule has 0 spiro atoms. The van der Waals surface area contributed by atoms with E-state index in [0.29, 0.717) is 26.2 Å². The molecule has 0 aliphatic carbocycles. The maximum absolute atomic E-state index is 11.2. The van der Waals surface area contributed by atoms with E-state index in [-0.39, 0.29) is 5.56 Å². The molecule has 0 radical (unpaired) electrons. The molecule has 0 bridgehead atoms. The lowest BCUT2D eigenvalue weighted by Crippen LogP contribution is -1.99. The van der Waals surface area contributed by atoms with E-state index in [1.807, 2.05) is 0 Å². The zero-order valence-corrected chi connectivity index (χ0v) is 11.2. The van der Waals surface area contributed by atoms with Gasteiger partial charge in [0.1, 0.15) is 0 Å². The summed E-state index contributed by atoms with van der Waals surface area (Å²) in [5.41, 5.74) is 1.35. The number of rotatable bonds is 2. The average Bonchev–Trinajstić information content (AvgIpc) is 2.32. The van der Waals surface area contributed by atoms with Crippen LogP contribution >= 0.6 is 34.8 Å². The molecular weight excluding hydrogens is 294 g/mol. The highest BCUT2D eigenvalue weighted by Crippen LogP contribution is 2.31. The van der Waals surface area contributed by atoms with Crippen molar-refractivity contribution in [3.05, 3.63) is 57.0 Å². The molecule has 5 heteroatoms. The minimum Gasteiger partial charge on any atom is -0.478 e. The number of hydrogen-bond donors (Lipinski definition) is 1. The number of benzene rings is 2. The first-order chi connectivity index (χ1) is 8.49. The Bertz CT molecular complexity index is 624. The fourth-order valence-corrected chi connectivity index (χ4v) is 2.08. The summed E-state index contributed by atoms with van der Waals surface area (Å²) in [6.07, 6.45) is 0. The van der Waals surface area contributed by atoms with Gasteiger partial charge in [-0.15, -0.1) is 0 Å². The SMILES string of the molecule is O=C(O)c1cc(Cl)ccc1-c1ccc(Cl)c(Cl)c1. The van der Waals surface area contributed by atoms with Crippen LogP contribution in [0.5, 0.6) is 0 Å². The topological polar surface area (TPSA) is 37.3 Å². The summed E-state index contributed by atoms with van der Waals surface area (Å²) in [7, 11) is 0. The van der Waals surface area contributed by atoms with E-state index in [9.17, 15) is 4.79 Å². The Labute approximate surface area is 119 Å². The minimum atomic E-state index is -1.04. The van der Waals surface area contributed by atoms with Gasteiger partial charge in [-0.2, -0.15) is 0 Å². The van der Waals surface area contributed by atoms with Crippen LogP contribution in [-0.2, 0) is 0 Å². The first-order valence-electron chi connectivity index (χ1n) is 4.97. The lowest BCUT2D eigenvalue weighted by molar-refractivity contribution is 0.0697. The Morgan fingerprint density at radius 2 is 1.67 bits per heavy atom.